The number of furan rings is 1. The lowest BCUT2D eigenvalue weighted by molar-refractivity contribution is 0.0908. The minimum absolute atomic E-state index is 0.103. The Morgan fingerprint density at radius 2 is 2.18 bits per heavy atom. The van der Waals surface area contributed by atoms with Crippen LogP contribution in [0.5, 0.6) is 0 Å². The quantitative estimate of drug-likeness (QED) is 0.741. The fourth-order valence-corrected chi connectivity index (χ4v) is 3.18. The molecule has 0 unspecified atom stereocenters. The van der Waals surface area contributed by atoms with Crippen LogP contribution in [-0.4, -0.2) is 50.2 Å². The topological polar surface area (TPSA) is 67.6 Å². The van der Waals surface area contributed by atoms with Crippen molar-refractivity contribution in [1.29, 1.82) is 0 Å². The molecule has 0 saturated carbocycles. The first kappa shape index (κ1) is 12.3. The maximum atomic E-state index is 11.8. The molecule has 2 rings (SSSR count). The third kappa shape index (κ3) is 3.41. The van der Waals surface area contributed by atoms with E-state index in [4.69, 9.17) is 4.42 Å². The summed E-state index contributed by atoms with van der Waals surface area (Å²) in [4.78, 5) is 13.6. The zero-order chi connectivity index (χ0) is 12.3. The van der Waals surface area contributed by atoms with Crippen molar-refractivity contribution in [3.05, 3.63) is 24.2 Å². The van der Waals surface area contributed by atoms with E-state index in [1.807, 2.05) is 4.90 Å². The first-order chi connectivity index (χ1) is 8.07. The molecule has 1 fully saturated rings. The van der Waals surface area contributed by atoms with Gasteiger partial charge in [-0.2, -0.15) is 0 Å². The van der Waals surface area contributed by atoms with Crippen molar-refractivity contribution in [2.75, 3.05) is 31.1 Å². The molecule has 0 aromatic carbocycles. The number of carbonyl (C=O) groups is 1. The number of sulfone groups is 1. The summed E-state index contributed by atoms with van der Waals surface area (Å²) in [6.07, 6.45) is 2.05. The van der Waals surface area contributed by atoms with Crippen molar-refractivity contribution >= 4 is 15.6 Å². The molecule has 2 heterocycles. The number of rotatable bonds is 3. The van der Waals surface area contributed by atoms with E-state index in [9.17, 15) is 13.2 Å². The molecule has 6 heteroatoms. The molecule has 17 heavy (non-hydrogen) atoms. The van der Waals surface area contributed by atoms with Gasteiger partial charge in [0, 0.05) is 6.54 Å². The van der Waals surface area contributed by atoms with Gasteiger partial charge in [0.2, 0.25) is 5.78 Å². The van der Waals surface area contributed by atoms with Crippen molar-refractivity contribution < 1.29 is 17.6 Å². The third-order valence-electron chi connectivity index (χ3n) is 2.81. The second-order valence-corrected chi connectivity index (χ2v) is 6.49. The standard InChI is InChI=1S/C11H15NO4S/c13-10(11-3-1-6-16-11)9-12-4-2-7-17(14,15)8-5-12/h1,3,6H,2,4-5,7-9H2. The number of Topliss-reactive ketones (excluding diaryl/α,β-unsaturated/α-hetero) is 1. The largest absolute Gasteiger partial charge is 0.461 e. The second-order valence-electron chi connectivity index (χ2n) is 4.18. The van der Waals surface area contributed by atoms with Crippen molar-refractivity contribution in [3.63, 3.8) is 0 Å². The summed E-state index contributed by atoms with van der Waals surface area (Å²) < 4.78 is 27.8. The van der Waals surface area contributed by atoms with Gasteiger partial charge in [0.05, 0.1) is 24.3 Å². The summed E-state index contributed by atoms with van der Waals surface area (Å²) >= 11 is 0. The summed E-state index contributed by atoms with van der Waals surface area (Å²) in [5, 5.41) is 0. The van der Waals surface area contributed by atoms with Crippen molar-refractivity contribution in [2.24, 2.45) is 0 Å². The molecular formula is C11H15NO4S. The van der Waals surface area contributed by atoms with Gasteiger partial charge in [0.1, 0.15) is 0 Å². The first-order valence-corrected chi connectivity index (χ1v) is 7.38. The van der Waals surface area contributed by atoms with E-state index in [0.29, 0.717) is 25.3 Å². The highest BCUT2D eigenvalue weighted by atomic mass is 32.2. The van der Waals surface area contributed by atoms with Crippen LogP contribution >= 0.6 is 0 Å². The van der Waals surface area contributed by atoms with E-state index in [0.717, 1.165) is 0 Å². The summed E-state index contributed by atoms with van der Waals surface area (Å²) in [6, 6.07) is 3.29. The second kappa shape index (κ2) is 5.01. The van der Waals surface area contributed by atoms with Crippen LogP contribution in [0.1, 0.15) is 17.0 Å². The molecule has 1 aliphatic heterocycles. The molecule has 0 bridgehead atoms. The Balaban J connectivity index is 1.94. The fraction of sp³-hybridized carbons (Fsp3) is 0.545. The molecule has 0 radical (unpaired) electrons. The van der Waals surface area contributed by atoms with E-state index in [1.165, 1.54) is 6.26 Å². The molecule has 1 aliphatic rings. The summed E-state index contributed by atoms with van der Waals surface area (Å²) in [7, 11) is -2.92. The van der Waals surface area contributed by atoms with Crippen molar-refractivity contribution in [1.82, 2.24) is 4.90 Å². The molecule has 5 nitrogen and oxygen atoms in total. The van der Waals surface area contributed by atoms with Crippen LogP contribution in [0.25, 0.3) is 0 Å². The average molecular weight is 257 g/mol. The third-order valence-corrected chi connectivity index (χ3v) is 4.53. The lowest BCUT2D eigenvalue weighted by atomic mass is 10.2. The number of hydrogen-bond donors (Lipinski definition) is 0. The van der Waals surface area contributed by atoms with E-state index < -0.39 is 9.84 Å². The van der Waals surface area contributed by atoms with Crippen LogP contribution < -0.4 is 0 Å². The summed E-state index contributed by atoms with van der Waals surface area (Å²) in [5.74, 6) is 0.586. The van der Waals surface area contributed by atoms with Gasteiger partial charge in [-0.15, -0.1) is 0 Å². The summed E-state index contributed by atoms with van der Waals surface area (Å²) in [5.41, 5.74) is 0. The van der Waals surface area contributed by atoms with Crippen LogP contribution in [0.2, 0.25) is 0 Å². The highest BCUT2D eigenvalue weighted by molar-refractivity contribution is 7.91. The molecule has 0 N–H and O–H groups in total. The van der Waals surface area contributed by atoms with E-state index in [-0.39, 0.29) is 23.8 Å². The zero-order valence-corrected chi connectivity index (χ0v) is 10.3. The minimum atomic E-state index is -2.92. The van der Waals surface area contributed by atoms with Crippen molar-refractivity contribution in [3.8, 4) is 0 Å². The highest BCUT2D eigenvalue weighted by Gasteiger charge is 2.21. The summed E-state index contributed by atoms with van der Waals surface area (Å²) in [6.45, 7) is 1.30. The molecule has 0 spiro atoms. The van der Waals surface area contributed by atoms with Gasteiger partial charge in [0.25, 0.3) is 0 Å². The van der Waals surface area contributed by atoms with Crippen LogP contribution in [0, 0.1) is 0 Å². The number of ketones is 1. The number of nitrogens with zero attached hydrogens (tertiary/aromatic N) is 1. The zero-order valence-electron chi connectivity index (χ0n) is 9.46. The van der Waals surface area contributed by atoms with Crippen molar-refractivity contribution in [2.45, 2.75) is 6.42 Å². The van der Waals surface area contributed by atoms with Crippen LogP contribution in [0.4, 0.5) is 0 Å². The highest BCUT2D eigenvalue weighted by Crippen LogP contribution is 2.07. The van der Waals surface area contributed by atoms with E-state index >= 15 is 0 Å². The fourth-order valence-electron chi connectivity index (χ4n) is 1.87. The van der Waals surface area contributed by atoms with E-state index in [2.05, 4.69) is 0 Å². The molecule has 1 aromatic heterocycles. The molecule has 94 valence electrons. The number of hydrogen-bond acceptors (Lipinski definition) is 5. The van der Waals surface area contributed by atoms with Crippen LogP contribution in [0.3, 0.4) is 0 Å². The first-order valence-electron chi connectivity index (χ1n) is 5.56. The van der Waals surface area contributed by atoms with Gasteiger partial charge in [-0.25, -0.2) is 8.42 Å². The molecule has 0 amide bonds. The molecule has 0 atom stereocenters. The predicted octanol–water partition coefficient (Wildman–Crippen LogP) is 0.583. The predicted molar refractivity (Wildman–Crippen MR) is 62.7 cm³/mol. The molecule has 1 saturated heterocycles. The van der Waals surface area contributed by atoms with Gasteiger partial charge < -0.3 is 4.42 Å². The Kier molecular flexibility index (Phi) is 3.63. The van der Waals surface area contributed by atoms with Crippen LogP contribution in [-0.2, 0) is 9.84 Å². The Labute approximate surface area is 100 Å². The van der Waals surface area contributed by atoms with E-state index in [1.54, 1.807) is 12.1 Å². The van der Waals surface area contributed by atoms with Gasteiger partial charge in [0.15, 0.2) is 15.6 Å². The SMILES string of the molecule is O=C(CN1CCCS(=O)(=O)CC1)c1ccco1. The maximum Gasteiger partial charge on any atom is 0.211 e. The average Bonchev–Trinajstić information content (AvgIpc) is 2.73. The Bertz CT molecular complexity index is 478. The normalized spacial score (nSPS) is 20.9. The smallest absolute Gasteiger partial charge is 0.211 e. The Morgan fingerprint density at radius 1 is 1.35 bits per heavy atom. The van der Waals surface area contributed by atoms with Gasteiger partial charge in [-0.05, 0) is 25.1 Å². The Hall–Kier alpha value is -1.14. The molecular weight excluding hydrogens is 242 g/mol. The Morgan fingerprint density at radius 3 is 2.88 bits per heavy atom. The lowest BCUT2D eigenvalue weighted by Crippen LogP contribution is -2.32. The number of carbonyl (C=O) groups excluding carboxylic acids is 1. The molecule has 0 aliphatic carbocycles. The lowest BCUT2D eigenvalue weighted by Gasteiger charge is -2.17. The maximum absolute atomic E-state index is 11.8. The minimum Gasteiger partial charge on any atom is -0.461 e. The van der Waals surface area contributed by atoms with Gasteiger partial charge >= 0.3 is 0 Å². The van der Waals surface area contributed by atoms with Gasteiger partial charge in [-0.3, -0.25) is 9.69 Å². The van der Waals surface area contributed by atoms with Crippen LogP contribution in [0.15, 0.2) is 22.8 Å². The monoisotopic (exact) mass is 257 g/mol. The van der Waals surface area contributed by atoms with Gasteiger partial charge in [-0.1, -0.05) is 0 Å². The molecule has 1 aromatic rings.